The molecule has 0 N–H and O–H groups in total. The van der Waals surface area contributed by atoms with Gasteiger partial charge in [-0.1, -0.05) is 0 Å². The van der Waals surface area contributed by atoms with Crippen molar-refractivity contribution in [2.75, 3.05) is 37.7 Å². The summed E-state index contributed by atoms with van der Waals surface area (Å²) >= 11 is 1.66. The number of aryl methyl sites for hydroxylation is 1. The molecule has 0 bridgehead atoms. The van der Waals surface area contributed by atoms with E-state index in [4.69, 9.17) is 4.74 Å². The Morgan fingerprint density at radius 2 is 1.76 bits per heavy atom. The predicted octanol–water partition coefficient (Wildman–Crippen LogP) is 3.97. The number of piperidine rings is 1. The molecule has 4 rings (SSSR count). The lowest BCUT2D eigenvalue weighted by atomic mass is 9.97. The van der Waals surface area contributed by atoms with Crippen molar-refractivity contribution in [3.8, 4) is 5.75 Å². The fourth-order valence-corrected chi connectivity index (χ4v) is 5.66. The summed E-state index contributed by atoms with van der Waals surface area (Å²) in [5.74, 6) is 0.670. The first kappa shape index (κ1) is 23.5. The third-order valence-corrected chi connectivity index (χ3v) is 7.62. The minimum Gasteiger partial charge on any atom is -0.484 e. The monoisotopic (exact) mass is 470 g/mol. The summed E-state index contributed by atoms with van der Waals surface area (Å²) in [7, 11) is 0. The summed E-state index contributed by atoms with van der Waals surface area (Å²) in [5.41, 5.74) is 1.68. The van der Waals surface area contributed by atoms with E-state index in [1.165, 1.54) is 6.42 Å². The molecule has 2 amide bonds. The van der Waals surface area contributed by atoms with Crippen LogP contribution in [0.15, 0.2) is 29.6 Å². The highest BCUT2D eigenvalue weighted by atomic mass is 32.1. The van der Waals surface area contributed by atoms with E-state index in [2.05, 4.69) is 29.1 Å². The number of amides is 2. The highest BCUT2D eigenvalue weighted by Crippen LogP contribution is 2.24. The molecule has 2 saturated heterocycles. The van der Waals surface area contributed by atoms with E-state index in [-0.39, 0.29) is 30.5 Å². The van der Waals surface area contributed by atoms with Crippen molar-refractivity contribution in [2.45, 2.75) is 58.5 Å². The van der Waals surface area contributed by atoms with Crippen LogP contribution in [0.2, 0.25) is 0 Å². The molecule has 3 heterocycles. The molecule has 2 atom stereocenters. The molecule has 2 aromatic rings. The van der Waals surface area contributed by atoms with Crippen LogP contribution < -0.4 is 9.64 Å². The fourth-order valence-electron chi connectivity index (χ4n) is 4.81. The molecular weight excluding hydrogens is 436 g/mol. The molecule has 2 aliphatic heterocycles. The number of aromatic nitrogens is 1. The molecule has 0 radical (unpaired) electrons. The van der Waals surface area contributed by atoms with Crippen molar-refractivity contribution in [3.05, 3.63) is 40.9 Å². The van der Waals surface area contributed by atoms with Gasteiger partial charge in [-0.3, -0.25) is 9.59 Å². The molecule has 33 heavy (non-hydrogen) atoms. The van der Waals surface area contributed by atoms with Gasteiger partial charge in [-0.05, 0) is 70.7 Å². The Hall–Kier alpha value is -2.61. The van der Waals surface area contributed by atoms with Crippen LogP contribution in [-0.4, -0.2) is 71.5 Å². The Bertz CT molecular complexity index is 951. The molecule has 1 aromatic heterocycles. The number of rotatable bonds is 5. The van der Waals surface area contributed by atoms with Gasteiger partial charge >= 0.3 is 0 Å². The van der Waals surface area contributed by atoms with E-state index >= 15 is 0 Å². The number of hydrogen-bond acceptors (Lipinski definition) is 6. The summed E-state index contributed by atoms with van der Waals surface area (Å²) in [6, 6.07) is 7.67. The number of benzene rings is 1. The maximum Gasteiger partial charge on any atom is 0.260 e. The van der Waals surface area contributed by atoms with Crippen LogP contribution in [0.3, 0.4) is 0 Å². The highest BCUT2D eigenvalue weighted by molar-refractivity contribution is 7.13. The number of thiazole rings is 1. The van der Waals surface area contributed by atoms with Gasteiger partial charge in [0.05, 0.1) is 5.69 Å². The largest absolute Gasteiger partial charge is 0.484 e. The lowest BCUT2D eigenvalue weighted by molar-refractivity contribution is -0.139. The van der Waals surface area contributed by atoms with Crippen LogP contribution in [-0.2, 0) is 4.79 Å². The number of ether oxygens (including phenoxy) is 1. The molecule has 0 aliphatic carbocycles. The van der Waals surface area contributed by atoms with E-state index in [0.717, 1.165) is 49.7 Å². The van der Waals surface area contributed by atoms with E-state index in [1.54, 1.807) is 35.6 Å². The molecule has 2 unspecified atom stereocenters. The van der Waals surface area contributed by atoms with Gasteiger partial charge in [-0.2, -0.15) is 0 Å². The number of nitrogens with zero attached hydrogens (tertiary/aromatic N) is 4. The second-order valence-electron chi connectivity index (χ2n) is 9.15. The fraction of sp³-hybridized carbons (Fsp3) is 0.560. The number of hydrogen-bond donors (Lipinski definition) is 0. The Kier molecular flexibility index (Phi) is 7.53. The first-order valence-corrected chi connectivity index (χ1v) is 12.8. The van der Waals surface area contributed by atoms with Gasteiger partial charge in [0.1, 0.15) is 5.75 Å². The Balaban J connectivity index is 1.30. The molecule has 2 aliphatic rings. The lowest BCUT2D eigenvalue weighted by Crippen LogP contribution is -2.49. The normalized spacial score (nSPS) is 21.6. The molecule has 7 nitrogen and oxygen atoms in total. The van der Waals surface area contributed by atoms with Crippen molar-refractivity contribution in [1.29, 1.82) is 0 Å². The van der Waals surface area contributed by atoms with E-state index < -0.39 is 0 Å². The molecule has 0 spiro atoms. The summed E-state index contributed by atoms with van der Waals surface area (Å²) < 4.78 is 5.75. The molecule has 1 aromatic carbocycles. The lowest BCUT2D eigenvalue weighted by Gasteiger charge is -2.38. The van der Waals surface area contributed by atoms with Crippen LogP contribution in [0.1, 0.15) is 55.6 Å². The molecule has 8 heteroatoms. The van der Waals surface area contributed by atoms with Crippen LogP contribution in [0, 0.1) is 6.92 Å². The summed E-state index contributed by atoms with van der Waals surface area (Å²) in [6.45, 7) is 9.35. The van der Waals surface area contributed by atoms with Gasteiger partial charge in [0, 0.05) is 49.2 Å². The maximum absolute atomic E-state index is 13.0. The van der Waals surface area contributed by atoms with Crippen molar-refractivity contribution < 1.29 is 14.3 Å². The van der Waals surface area contributed by atoms with Gasteiger partial charge in [0.15, 0.2) is 11.7 Å². The van der Waals surface area contributed by atoms with Crippen molar-refractivity contribution >= 4 is 28.3 Å². The van der Waals surface area contributed by atoms with E-state index in [9.17, 15) is 9.59 Å². The minimum absolute atomic E-state index is 0.0272. The van der Waals surface area contributed by atoms with E-state index in [0.29, 0.717) is 17.9 Å². The zero-order valence-corrected chi connectivity index (χ0v) is 20.6. The molecular formula is C25H34N4O3S. The molecule has 178 valence electrons. The van der Waals surface area contributed by atoms with Crippen molar-refractivity contribution in [2.24, 2.45) is 0 Å². The van der Waals surface area contributed by atoms with E-state index in [1.807, 2.05) is 16.7 Å². The third kappa shape index (κ3) is 5.66. The van der Waals surface area contributed by atoms with Crippen LogP contribution in [0.25, 0.3) is 0 Å². The summed E-state index contributed by atoms with van der Waals surface area (Å²) in [5, 5.41) is 3.10. The number of anilines is 1. The average Bonchev–Trinajstić information content (AvgIpc) is 3.09. The third-order valence-electron chi connectivity index (χ3n) is 6.61. The second-order valence-corrected chi connectivity index (χ2v) is 9.98. The first-order valence-electron chi connectivity index (χ1n) is 11.9. The standard InChI is InChI=1S/C25H34N4O3S/c1-18-17-33-25(26-18)28-13-5-12-27(14-15-28)24(31)21-8-10-22(11-9-21)32-16-23(30)29-19(2)6-4-7-20(29)3/h8-11,17,19-20H,4-7,12-16H2,1-3H3. The minimum atomic E-state index is 0.0272. The molecule has 0 saturated carbocycles. The summed E-state index contributed by atoms with van der Waals surface area (Å²) in [4.78, 5) is 36.4. The van der Waals surface area contributed by atoms with Gasteiger partial charge in [-0.15, -0.1) is 11.3 Å². The van der Waals surface area contributed by atoms with Crippen LogP contribution >= 0.6 is 11.3 Å². The van der Waals surface area contributed by atoms with Gasteiger partial charge < -0.3 is 19.4 Å². The smallest absolute Gasteiger partial charge is 0.260 e. The number of carbonyl (C=O) groups is 2. The average molecular weight is 471 g/mol. The van der Waals surface area contributed by atoms with Gasteiger partial charge in [0.2, 0.25) is 0 Å². The Morgan fingerprint density at radius 1 is 1.03 bits per heavy atom. The van der Waals surface area contributed by atoms with Gasteiger partial charge in [-0.25, -0.2) is 4.98 Å². The SMILES string of the molecule is Cc1csc(N2CCCN(C(=O)c3ccc(OCC(=O)N4C(C)CCCC4C)cc3)CC2)n1. The topological polar surface area (TPSA) is 66.0 Å². The Labute approximate surface area is 200 Å². The second kappa shape index (κ2) is 10.5. The summed E-state index contributed by atoms with van der Waals surface area (Å²) in [6.07, 6.45) is 4.18. The predicted molar refractivity (Wildman–Crippen MR) is 131 cm³/mol. The number of carbonyl (C=O) groups excluding carboxylic acids is 2. The Morgan fingerprint density at radius 3 is 2.42 bits per heavy atom. The van der Waals surface area contributed by atoms with Gasteiger partial charge in [0.25, 0.3) is 11.8 Å². The highest BCUT2D eigenvalue weighted by Gasteiger charge is 2.29. The quantitative estimate of drug-likeness (QED) is 0.662. The van der Waals surface area contributed by atoms with Crippen molar-refractivity contribution in [3.63, 3.8) is 0 Å². The zero-order valence-electron chi connectivity index (χ0n) is 19.8. The van der Waals surface area contributed by atoms with Crippen LogP contribution in [0.5, 0.6) is 5.75 Å². The number of likely N-dealkylation sites (tertiary alicyclic amines) is 1. The zero-order chi connectivity index (χ0) is 23.4. The molecule has 2 fully saturated rings. The van der Waals surface area contributed by atoms with Crippen molar-refractivity contribution in [1.82, 2.24) is 14.8 Å². The maximum atomic E-state index is 13.0. The van der Waals surface area contributed by atoms with Crippen LogP contribution in [0.4, 0.5) is 5.13 Å². The first-order chi connectivity index (χ1) is 15.9.